The van der Waals surface area contributed by atoms with Crippen molar-refractivity contribution in [1.82, 2.24) is 15.5 Å². The van der Waals surface area contributed by atoms with E-state index in [4.69, 9.17) is 0 Å². The number of hydrogen-bond acceptors (Lipinski definition) is 4. The van der Waals surface area contributed by atoms with Gasteiger partial charge in [-0.15, -0.1) is 0 Å². The predicted octanol–water partition coefficient (Wildman–Crippen LogP) is 1.37. The molecule has 0 atom stereocenters. The van der Waals surface area contributed by atoms with Crippen molar-refractivity contribution < 1.29 is 22.1 Å². The average Bonchev–Trinajstić information content (AvgIpc) is 2.51. The monoisotopic (exact) mass is 227 g/mol. The van der Waals surface area contributed by atoms with Gasteiger partial charge < -0.3 is 9.84 Å². The topological polar surface area (TPSA) is 51.0 Å². The number of hydrogen-bond donors (Lipinski definition) is 1. The fraction of sp³-hybridized carbons (Fsp3) is 0.714. The Morgan fingerprint density at radius 2 is 2.13 bits per heavy atom. The van der Waals surface area contributed by atoms with Gasteiger partial charge >= 0.3 is 12.3 Å². The molecule has 1 aromatic rings. The first kappa shape index (κ1) is 11.9. The standard InChI is InChI=1S/C7H9F4N3O/c1-4-13-5(14-15-4)2-12-3-7(10,11)6(8)9/h6,12H,2-3H2,1H3. The van der Waals surface area contributed by atoms with Crippen LogP contribution in [-0.2, 0) is 6.54 Å². The van der Waals surface area contributed by atoms with E-state index in [-0.39, 0.29) is 18.3 Å². The molecule has 0 saturated heterocycles. The van der Waals surface area contributed by atoms with Crippen LogP contribution in [0.3, 0.4) is 0 Å². The van der Waals surface area contributed by atoms with Crippen LogP contribution in [0.5, 0.6) is 0 Å². The van der Waals surface area contributed by atoms with Gasteiger partial charge in [0.1, 0.15) is 0 Å². The molecule has 8 heteroatoms. The third-order valence-corrected chi connectivity index (χ3v) is 1.53. The predicted molar refractivity (Wildman–Crippen MR) is 41.7 cm³/mol. The molecule has 0 spiro atoms. The van der Waals surface area contributed by atoms with E-state index in [0.717, 1.165) is 0 Å². The summed E-state index contributed by atoms with van der Waals surface area (Å²) in [5.41, 5.74) is 0. The quantitative estimate of drug-likeness (QED) is 0.772. The lowest BCUT2D eigenvalue weighted by Gasteiger charge is -2.14. The van der Waals surface area contributed by atoms with Crippen molar-refractivity contribution in [3.8, 4) is 0 Å². The molecule has 1 rings (SSSR count). The third kappa shape index (κ3) is 3.46. The van der Waals surface area contributed by atoms with Crippen molar-refractivity contribution in [1.29, 1.82) is 0 Å². The highest BCUT2D eigenvalue weighted by molar-refractivity contribution is 4.84. The number of nitrogens with zero attached hydrogens (tertiary/aromatic N) is 2. The molecule has 0 aromatic carbocycles. The van der Waals surface area contributed by atoms with E-state index in [2.05, 4.69) is 20.0 Å². The van der Waals surface area contributed by atoms with E-state index in [9.17, 15) is 17.6 Å². The largest absolute Gasteiger partial charge is 0.340 e. The molecule has 15 heavy (non-hydrogen) atoms. The zero-order chi connectivity index (χ0) is 11.5. The van der Waals surface area contributed by atoms with Gasteiger partial charge in [0, 0.05) is 6.92 Å². The van der Waals surface area contributed by atoms with Crippen LogP contribution in [0.25, 0.3) is 0 Å². The SMILES string of the molecule is Cc1nc(CNCC(F)(F)C(F)F)no1. The van der Waals surface area contributed by atoms with Gasteiger partial charge in [0.05, 0.1) is 13.1 Å². The average molecular weight is 227 g/mol. The van der Waals surface area contributed by atoms with Crippen molar-refractivity contribution in [2.45, 2.75) is 25.8 Å². The first-order valence-corrected chi connectivity index (χ1v) is 4.07. The maximum atomic E-state index is 12.4. The Morgan fingerprint density at radius 1 is 1.47 bits per heavy atom. The van der Waals surface area contributed by atoms with Gasteiger partial charge in [0.15, 0.2) is 5.82 Å². The molecule has 0 aliphatic heterocycles. The van der Waals surface area contributed by atoms with Crippen LogP contribution < -0.4 is 5.32 Å². The van der Waals surface area contributed by atoms with Crippen molar-refractivity contribution in [3.63, 3.8) is 0 Å². The summed E-state index contributed by atoms with van der Waals surface area (Å²) in [7, 11) is 0. The Bertz CT molecular complexity index is 315. The maximum Gasteiger partial charge on any atom is 0.319 e. The molecule has 0 fully saturated rings. The van der Waals surface area contributed by atoms with Gasteiger partial charge in [-0.05, 0) is 0 Å². The first-order chi connectivity index (χ1) is 6.92. The third-order valence-electron chi connectivity index (χ3n) is 1.53. The van der Waals surface area contributed by atoms with Crippen molar-refractivity contribution in [2.75, 3.05) is 6.54 Å². The molecule has 0 unspecified atom stereocenters. The molecule has 1 N–H and O–H groups in total. The van der Waals surface area contributed by atoms with Crippen LogP contribution in [0.4, 0.5) is 17.6 Å². The van der Waals surface area contributed by atoms with E-state index in [1.165, 1.54) is 6.92 Å². The van der Waals surface area contributed by atoms with E-state index >= 15 is 0 Å². The Balaban J connectivity index is 2.33. The molecule has 0 aliphatic rings. The van der Waals surface area contributed by atoms with E-state index in [0.29, 0.717) is 0 Å². The number of nitrogens with one attached hydrogen (secondary N) is 1. The fourth-order valence-corrected chi connectivity index (χ4v) is 0.831. The molecular formula is C7H9F4N3O. The number of alkyl halides is 4. The second-order valence-electron chi connectivity index (χ2n) is 2.89. The Hall–Kier alpha value is -1.18. The van der Waals surface area contributed by atoms with Gasteiger partial charge in [-0.25, -0.2) is 8.78 Å². The molecule has 0 saturated carbocycles. The second kappa shape index (κ2) is 4.56. The summed E-state index contributed by atoms with van der Waals surface area (Å²) in [4.78, 5) is 3.70. The van der Waals surface area contributed by atoms with E-state index < -0.39 is 18.9 Å². The molecule has 86 valence electrons. The lowest BCUT2D eigenvalue weighted by molar-refractivity contribution is -0.125. The molecule has 0 amide bonds. The Morgan fingerprint density at radius 3 is 2.60 bits per heavy atom. The minimum absolute atomic E-state index is 0.139. The van der Waals surface area contributed by atoms with Gasteiger partial charge in [-0.2, -0.15) is 13.8 Å². The summed E-state index contributed by atoms with van der Waals surface area (Å²) in [6.07, 6.45) is -3.68. The maximum absolute atomic E-state index is 12.4. The lowest BCUT2D eigenvalue weighted by Crippen LogP contribution is -2.38. The lowest BCUT2D eigenvalue weighted by atomic mass is 10.3. The fourth-order valence-electron chi connectivity index (χ4n) is 0.831. The van der Waals surface area contributed by atoms with E-state index in [1.54, 1.807) is 0 Å². The molecule has 4 nitrogen and oxygen atoms in total. The van der Waals surface area contributed by atoms with Gasteiger partial charge in [0.25, 0.3) is 0 Å². The Labute approximate surface area is 82.7 Å². The molecular weight excluding hydrogens is 218 g/mol. The number of aryl methyl sites for hydroxylation is 1. The highest BCUT2D eigenvalue weighted by atomic mass is 19.3. The highest BCUT2D eigenvalue weighted by Gasteiger charge is 2.40. The van der Waals surface area contributed by atoms with Gasteiger partial charge in [-0.1, -0.05) is 5.16 Å². The zero-order valence-electron chi connectivity index (χ0n) is 7.81. The van der Waals surface area contributed by atoms with Crippen molar-refractivity contribution >= 4 is 0 Å². The van der Waals surface area contributed by atoms with Crippen LogP contribution >= 0.6 is 0 Å². The van der Waals surface area contributed by atoms with Crippen molar-refractivity contribution in [2.24, 2.45) is 0 Å². The minimum atomic E-state index is -4.04. The van der Waals surface area contributed by atoms with Gasteiger partial charge in [-0.3, -0.25) is 0 Å². The molecule has 0 aliphatic carbocycles. The molecule has 0 radical (unpaired) electrons. The van der Waals surface area contributed by atoms with Gasteiger partial charge in [0.2, 0.25) is 5.89 Å². The summed E-state index contributed by atoms with van der Waals surface area (Å²) in [5.74, 6) is -3.61. The van der Waals surface area contributed by atoms with Crippen LogP contribution in [0.15, 0.2) is 4.52 Å². The summed E-state index contributed by atoms with van der Waals surface area (Å²) < 4.78 is 52.7. The summed E-state index contributed by atoms with van der Waals surface area (Å²) >= 11 is 0. The highest BCUT2D eigenvalue weighted by Crippen LogP contribution is 2.21. The molecule has 1 aromatic heterocycles. The normalized spacial score (nSPS) is 12.4. The molecule has 0 bridgehead atoms. The molecule has 1 heterocycles. The van der Waals surface area contributed by atoms with E-state index in [1.807, 2.05) is 0 Å². The van der Waals surface area contributed by atoms with Crippen LogP contribution in [0, 0.1) is 6.92 Å². The van der Waals surface area contributed by atoms with Crippen LogP contribution in [-0.4, -0.2) is 29.0 Å². The Kier molecular flexibility index (Phi) is 3.61. The minimum Gasteiger partial charge on any atom is -0.340 e. The van der Waals surface area contributed by atoms with Crippen LogP contribution in [0.1, 0.15) is 11.7 Å². The van der Waals surface area contributed by atoms with Crippen LogP contribution in [0.2, 0.25) is 0 Å². The summed E-state index contributed by atoms with van der Waals surface area (Å²) in [6.45, 7) is 0.266. The summed E-state index contributed by atoms with van der Waals surface area (Å²) in [5, 5.41) is 5.52. The summed E-state index contributed by atoms with van der Waals surface area (Å²) in [6, 6.07) is 0. The zero-order valence-corrected chi connectivity index (χ0v) is 7.81. The second-order valence-corrected chi connectivity index (χ2v) is 2.89. The first-order valence-electron chi connectivity index (χ1n) is 4.07. The van der Waals surface area contributed by atoms with Crippen molar-refractivity contribution in [3.05, 3.63) is 11.7 Å². The number of halogens is 4. The smallest absolute Gasteiger partial charge is 0.319 e. The number of rotatable bonds is 5. The number of aromatic nitrogens is 2.